The van der Waals surface area contributed by atoms with Crippen molar-refractivity contribution in [2.75, 3.05) is 0 Å². The third-order valence-electron chi connectivity index (χ3n) is 20.2. The van der Waals surface area contributed by atoms with Gasteiger partial charge in [0.25, 0.3) is 0 Å². The Morgan fingerprint density at radius 3 is 1.67 bits per heavy atom. The fraction of sp³-hybridized carbons (Fsp3) is 0.333. The Morgan fingerprint density at radius 2 is 1.00 bits per heavy atom. The minimum Gasteiger partial charge on any atom is -0.305 e. The zero-order valence-electron chi connectivity index (χ0n) is 35.5. The zero-order chi connectivity index (χ0) is 40.2. The molecule has 10 aliphatic carbocycles. The largest absolute Gasteiger partial charge is 0.305 e. The summed E-state index contributed by atoms with van der Waals surface area (Å²) >= 11 is 0. The minimum atomic E-state index is -0.408. The van der Waals surface area contributed by atoms with Gasteiger partial charge in [-0.3, -0.25) is 9.97 Å². The number of hydrogen-bond acceptors (Lipinski definition) is 2. The Labute approximate surface area is 366 Å². The molecule has 7 atom stereocenters. The monoisotopic (exact) mass is 809 g/mol. The first kappa shape index (κ1) is 32.8. The van der Waals surface area contributed by atoms with Crippen molar-refractivity contribution < 1.29 is 0 Å². The number of hydrogen-bond donors (Lipinski definition) is 0. The zero-order valence-corrected chi connectivity index (χ0v) is 35.5. The molecule has 4 heterocycles. The van der Waals surface area contributed by atoms with E-state index in [1.54, 1.807) is 11.1 Å². The first-order valence-corrected chi connectivity index (χ1v) is 24.6. The third-order valence-corrected chi connectivity index (χ3v) is 20.2. The molecule has 0 aliphatic heterocycles. The van der Waals surface area contributed by atoms with E-state index in [1.165, 1.54) is 169 Å². The SMILES string of the molecule is c1ccc2c(c1)-c1ccccc1C21c2ccccc2-c2cccc(-c3cc4c5c6c(ncc5n5c7cnc8c(c7c(c3)c45)C3CC4CC5CC8CC54C3)C3CC4CC(C3)CC6C4)c21. The van der Waals surface area contributed by atoms with Gasteiger partial charge in [-0.2, -0.15) is 0 Å². The second-order valence-electron chi connectivity index (χ2n) is 22.4. The smallest absolute Gasteiger partial charge is 0.0731 e. The molecule has 9 aromatic rings. The number of pyridine rings is 2. The maximum atomic E-state index is 5.63. The number of nitrogens with zero attached hydrogens (tertiary/aromatic N) is 3. The van der Waals surface area contributed by atoms with Gasteiger partial charge in [0.1, 0.15) is 0 Å². The second-order valence-corrected chi connectivity index (χ2v) is 22.4. The predicted octanol–water partition coefficient (Wildman–Crippen LogP) is 14.4. The highest BCUT2D eigenvalue weighted by molar-refractivity contribution is 6.26. The van der Waals surface area contributed by atoms with Gasteiger partial charge in [0.05, 0.1) is 34.4 Å². The van der Waals surface area contributed by atoms with E-state index in [0.717, 1.165) is 23.7 Å². The highest BCUT2D eigenvalue weighted by Gasteiger charge is 2.66. The maximum Gasteiger partial charge on any atom is 0.0731 e. The first-order valence-electron chi connectivity index (χ1n) is 24.6. The van der Waals surface area contributed by atoms with Gasteiger partial charge in [-0.05, 0) is 184 Å². The van der Waals surface area contributed by atoms with Crippen molar-refractivity contribution >= 4 is 38.1 Å². The van der Waals surface area contributed by atoms with E-state index in [9.17, 15) is 0 Å². The molecule has 0 saturated heterocycles. The van der Waals surface area contributed by atoms with E-state index >= 15 is 0 Å². The minimum absolute atomic E-state index is 0.408. The lowest BCUT2D eigenvalue weighted by Crippen LogP contribution is -2.41. The molecule has 63 heavy (non-hydrogen) atoms. The Morgan fingerprint density at radius 1 is 0.476 bits per heavy atom. The van der Waals surface area contributed by atoms with Crippen molar-refractivity contribution in [2.24, 2.45) is 29.1 Å². The van der Waals surface area contributed by atoms with Crippen molar-refractivity contribution in [3.63, 3.8) is 0 Å². The number of aromatic nitrogens is 3. The van der Waals surface area contributed by atoms with Crippen molar-refractivity contribution in [3.05, 3.63) is 160 Å². The van der Waals surface area contributed by atoms with E-state index in [-0.39, 0.29) is 0 Å². The lowest BCUT2D eigenvalue weighted by molar-refractivity contribution is 0.00321. The van der Waals surface area contributed by atoms with Crippen LogP contribution in [0.3, 0.4) is 0 Å². The summed E-state index contributed by atoms with van der Waals surface area (Å²) in [5.41, 5.74) is 24.4. The molecule has 7 unspecified atom stereocenters. The number of rotatable bonds is 1. The maximum absolute atomic E-state index is 5.63. The van der Waals surface area contributed by atoms with Gasteiger partial charge >= 0.3 is 0 Å². The van der Waals surface area contributed by atoms with Crippen molar-refractivity contribution in [2.45, 2.75) is 93.3 Å². The van der Waals surface area contributed by atoms with Crippen molar-refractivity contribution in [1.82, 2.24) is 14.4 Å². The van der Waals surface area contributed by atoms with Crippen LogP contribution >= 0.6 is 0 Å². The lowest BCUT2D eigenvalue weighted by atomic mass is 9.56. The average Bonchev–Trinajstić information content (AvgIpc) is 4.10. The quantitative estimate of drug-likeness (QED) is 0.165. The van der Waals surface area contributed by atoms with E-state index in [4.69, 9.17) is 9.97 Å². The van der Waals surface area contributed by atoms with E-state index in [1.807, 2.05) is 0 Å². The van der Waals surface area contributed by atoms with Gasteiger partial charge in [0.15, 0.2) is 0 Å². The fourth-order valence-electron chi connectivity index (χ4n) is 18.5. The van der Waals surface area contributed by atoms with Crippen LogP contribution in [0.2, 0.25) is 0 Å². The molecular formula is C60H47N3. The number of benzene rings is 5. The van der Waals surface area contributed by atoms with Gasteiger partial charge in [-0.25, -0.2) is 0 Å². The summed E-state index contributed by atoms with van der Waals surface area (Å²) in [5.74, 6) is 5.98. The molecule has 0 N–H and O–H groups in total. The van der Waals surface area contributed by atoms with Crippen LogP contribution in [-0.2, 0) is 5.41 Å². The normalized spacial score (nSPS) is 31.0. The van der Waals surface area contributed by atoms with E-state index < -0.39 is 5.41 Å². The van der Waals surface area contributed by atoms with Gasteiger partial charge in [-0.15, -0.1) is 0 Å². The molecular weight excluding hydrogens is 763 g/mol. The third kappa shape index (κ3) is 3.50. The van der Waals surface area contributed by atoms with Crippen LogP contribution in [0.25, 0.3) is 71.5 Å². The molecule has 5 saturated carbocycles. The molecule has 4 aromatic heterocycles. The molecule has 2 spiro atoms. The second kappa shape index (κ2) is 10.6. The lowest BCUT2D eigenvalue weighted by Gasteiger charge is -2.48. The Hall–Kier alpha value is -5.80. The Kier molecular flexibility index (Phi) is 5.51. The molecule has 3 nitrogen and oxygen atoms in total. The van der Waals surface area contributed by atoms with Crippen LogP contribution < -0.4 is 0 Å². The molecule has 5 fully saturated rings. The molecule has 19 rings (SSSR count). The highest BCUT2D eigenvalue weighted by atomic mass is 15.0. The van der Waals surface area contributed by atoms with Crippen molar-refractivity contribution in [3.8, 4) is 33.4 Å². The van der Waals surface area contributed by atoms with Crippen LogP contribution in [-0.4, -0.2) is 14.4 Å². The molecule has 0 radical (unpaired) electrons. The van der Waals surface area contributed by atoms with Crippen LogP contribution in [0, 0.1) is 29.1 Å². The Bertz CT molecular complexity index is 3550. The average molecular weight is 810 g/mol. The summed E-state index contributed by atoms with van der Waals surface area (Å²) in [7, 11) is 0. The first-order chi connectivity index (χ1) is 31.2. The topological polar surface area (TPSA) is 30.2 Å². The highest BCUT2D eigenvalue weighted by Crippen LogP contribution is 2.76. The van der Waals surface area contributed by atoms with Crippen molar-refractivity contribution in [1.29, 1.82) is 0 Å². The summed E-state index contributed by atoms with van der Waals surface area (Å²) in [6.45, 7) is 0. The van der Waals surface area contributed by atoms with Gasteiger partial charge < -0.3 is 4.40 Å². The summed E-state index contributed by atoms with van der Waals surface area (Å²) in [6.07, 6.45) is 18.4. The van der Waals surface area contributed by atoms with Gasteiger partial charge in [-0.1, -0.05) is 91.0 Å². The van der Waals surface area contributed by atoms with Gasteiger partial charge in [0, 0.05) is 44.8 Å². The molecule has 0 amide bonds. The molecule has 3 heteroatoms. The van der Waals surface area contributed by atoms with E-state index in [2.05, 4.69) is 120 Å². The number of fused-ring (bicyclic) bond motifs is 22. The van der Waals surface area contributed by atoms with Crippen LogP contribution in [0.15, 0.2) is 116 Å². The summed E-state index contributed by atoms with van der Waals surface area (Å²) < 4.78 is 2.68. The van der Waals surface area contributed by atoms with E-state index in [0.29, 0.717) is 29.1 Å². The molecule has 10 aliphatic rings. The predicted molar refractivity (Wildman–Crippen MR) is 252 cm³/mol. The van der Waals surface area contributed by atoms with Gasteiger partial charge in [0.2, 0.25) is 0 Å². The van der Waals surface area contributed by atoms with Crippen LogP contribution in [0.4, 0.5) is 0 Å². The fourth-order valence-corrected chi connectivity index (χ4v) is 18.5. The Balaban J connectivity index is 1.00. The van der Waals surface area contributed by atoms with Crippen LogP contribution in [0.1, 0.15) is 133 Å². The molecule has 7 bridgehead atoms. The standard InChI is InChI=1S/C60H47N3/c1-4-13-46-40(8-1)41-9-2-5-14-47(41)60(46)48-15-6-3-10-42(48)43-12-7-11-39(55(43)60)32-23-44-53-49(28-61-56-34-19-30-16-31(20-34)18-33(17-30)51(53)56)63-50-29-62-57-36-22-38-25-37-21-35(26-59(37,38)27-36)52(57)54(50)45(24-32)58(44)63/h1-15,23-24,28-31,33-38H,16-22,25-27H2. The molecule has 302 valence electrons. The molecule has 5 aromatic carbocycles. The summed E-state index contributed by atoms with van der Waals surface area (Å²) in [5, 5.41) is 5.95. The van der Waals surface area contributed by atoms with Crippen LogP contribution in [0.5, 0.6) is 0 Å². The summed E-state index contributed by atoms with van der Waals surface area (Å²) in [6, 6.07) is 40.6. The summed E-state index contributed by atoms with van der Waals surface area (Å²) in [4.78, 5) is 11.2.